The molecule has 1 saturated carbocycles. The lowest BCUT2D eigenvalue weighted by atomic mass is 10.2. The second-order valence-electron chi connectivity index (χ2n) is 5.14. The Morgan fingerprint density at radius 3 is 2.52 bits per heavy atom. The van der Waals surface area contributed by atoms with Crippen LogP contribution in [-0.4, -0.2) is 18.4 Å². The second kappa shape index (κ2) is 5.42. The van der Waals surface area contributed by atoms with Gasteiger partial charge in [0.1, 0.15) is 12.1 Å². The van der Waals surface area contributed by atoms with Gasteiger partial charge in [0.15, 0.2) is 0 Å². The maximum absolute atomic E-state index is 11.2. The molecule has 0 spiro atoms. The number of sulfonamides is 1. The Bertz CT molecular complexity index is 740. The fourth-order valence-corrected chi connectivity index (χ4v) is 2.58. The van der Waals surface area contributed by atoms with Crippen molar-refractivity contribution < 1.29 is 8.42 Å². The molecule has 1 aliphatic carbocycles. The average molecular weight is 304 g/mol. The van der Waals surface area contributed by atoms with E-state index >= 15 is 0 Å². The molecule has 1 fully saturated rings. The first kappa shape index (κ1) is 14.0. The van der Waals surface area contributed by atoms with Gasteiger partial charge in [-0.15, -0.1) is 0 Å². The number of hydrogen-bond donors (Lipinski definition) is 2. The van der Waals surface area contributed by atoms with Crippen molar-refractivity contribution in [1.82, 2.24) is 9.97 Å². The standard InChI is InChI=1S/C14H16N4O2S/c15-21(19,20)12-5-1-10(2-6-12)8-16-14-7-13(11-3-4-11)17-9-18-14/h1-2,5-7,9,11H,3-4,8H2,(H2,15,19,20)(H,16,17,18). The van der Waals surface area contributed by atoms with Crippen molar-refractivity contribution in [3.8, 4) is 0 Å². The van der Waals surface area contributed by atoms with Crippen molar-refractivity contribution >= 4 is 15.8 Å². The Hall–Kier alpha value is -1.99. The van der Waals surface area contributed by atoms with E-state index in [1.165, 1.54) is 25.0 Å². The molecule has 3 N–H and O–H groups in total. The zero-order chi connectivity index (χ0) is 14.9. The van der Waals surface area contributed by atoms with E-state index in [9.17, 15) is 8.42 Å². The summed E-state index contributed by atoms with van der Waals surface area (Å²) in [6.45, 7) is 0.562. The Labute approximate surface area is 123 Å². The van der Waals surface area contributed by atoms with Crippen LogP contribution in [0.25, 0.3) is 0 Å². The highest BCUT2D eigenvalue weighted by Gasteiger charge is 2.25. The van der Waals surface area contributed by atoms with Gasteiger partial charge in [0, 0.05) is 24.2 Å². The van der Waals surface area contributed by atoms with Crippen LogP contribution in [-0.2, 0) is 16.6 Å². The molecular weight excluding hydrogens is 288 g/mol. The number of nitrogens with two attached hydrogens (primary N) is 1. The maximum Gasteiger partial charge on any atom is 0.238 e. The van der Waals surface area contributed by atoms with Gasteiger partial charge in [-0.05, 0) is 30.5 Å². The molecule has 1 aliphatic rings. The SMILES string of the molecule is NS(=O)(=O)c1ccc(CNc2cc(C3CC3)ncn2)cc1. The van der Waals surface area contributed by atoms with E-state index in [4.69, 9.17) is 5.14 Å². The molecular formula is C14H16N4O2S. The van der Waals surface area contributed by atoms with Crippen LogP contribution in [0.15, 0.2) is 41.6 Å². The molecule has 0 amide bonds. The monoisotopic (exact) mass is 304 g/mol. The number of anilines is 1. The molecule has 0 radical (unpaired) electrons. The fraction of sp³-hybridized carbons (Fsp3) is 0.286. The number of primary sulfonamides is 1. The van der Waals surface area contributed by atoms with Crippen molar-refractivity contribution in [3.63, 3.8) is 0 Å². The molecule has 1 aromatic heterocycles. The summed E-state index contributed by atoms with van der Waals surface area (Å²) in [6.07, 6.45) is 3.97. The van der Waals surface area contributed by atoms with Gasteiger partial charge in [0.05, 0.1) is 4.90 Å². The van der Waals surface area contributed by atoms with E-state index in [1.54, 1.807) is 18.5 Å². The Morgan fingerprint density at radius 1 is 1.19 bits per heavy atom. The summed E-state index contributed by atoms with van der Waals surface area (Å²) < 4.78 is 22.4. The van der Waals surface area contributed by atoms with Crippen LogP contribution in [0, 0.1) is 0 Å². The van der Waals surface area contributed by atoms with Gasteiger partial charge in [0.2, 0.25) is 10.0 Å². The van der Waals surface area contributed by atoms with Gasteiger partial charge in [0.25, 0.3) is 0 Å². The zero-order valence-corrected chi connectivity index (χ0v) is 12.2. The predicted molar refractivity (Wildman–Crippen MR) is 79.1 cm³/mol. The summed E-state index contributed by atoms with van der Waals surface area (Å²) in [5, 5.41) is 8.27. The van der Waals surface area contributed by atoms with Crippen molar-refractivity contribution in [1.29, 1.82) is 0 Å². The lowest BCUT2D eigenvalue weighted by Gasteiger charge is -2.07. The smallest absolute Gasteiger partial charge is 0.238 e. The van der Waals surface area contributed by atoms with Gasteiger partial charge in [-0.3, -0.25) is 0 Å². The Balaban J connectivity index is 1.66. The summed E-state index contributed by atoms with van der Waals surface area (Å²) >= 11 is 0. The van der Waals surface area contributed by atoms with Crippen LogP contribution in [0.1, 0.15) is 30.0 Å². The molecule has 0 unspecified atom stereocenters. The fourth-order valence-electron chi connectivity index (χ4n) is 2.06. The molecule has 0 bridgehead atoms. The van der Waals surface area contributed by atoms with Crippen LogP contribution >= 0.6 is 0 Å². The van der Waals surface area contributed by atoms with Gasteiger partial charge in [-0.25, -0.2) is 23.5 Å². The van der Waals surface area contributed by atoms with E-state index < -0.39 is 10.0 Å². The minimum absolute atomic E-state index is 0.115. The Kier molecular flexibility index (Phi) is 3.60. The van der Waals surface area contributed by atoms with E-state index in [1.807, 2.05) is 6.07 Å². The summed E-state index contributed by atoms with van der Waals surface area (Å²) in [7, 11) is -3.64. The van der Waals surface area contributed by atoms with Crippen LogP contribution in [0.5, 0.6) is 0 Å². The molecule has 2 aromatic rings. The molecule has 110 valence electrons. The minimum atomic E-state index is -3.64. The van der Waals surface area contributed by atoms with Crippen LogP contribution in [0.3, 0.4) is 0 Å². The molecule has 0 saturated heterocycles. The highest BCUT2D eigenvalue weighted by molar-refractivity contribution is 7.89. The van der Waals surface area contributed by atoms with Gasteiger partial charge in [-0.1, -0.05) is 12.1 Å². The summed E-state index contributed by atoms with van der Waals surface area (Å²) in [4.78, 5) is 8.56. The first-order chi connectivity index (χ1) is 10.0. The number of rotatable bonds is 5. The predicted octanol–water partition coefficient (Wildman–Crippen LogP) is 1.61. The molecule has 6 nitrogen and oxygen atoms in total. The van der Waals surface area contributed by atoms with Crippen molar-refractivity contribution in [3.05, 3.63) is 47.9 Å². The molecule has 1 aromatic carbocycles. The summed E-state index contributed by atoms with van der Waals surface area (Å²) in [6, 6.07) is 8.44. The zero-order valence-electron chi connectivity index (χ0n) is 11.4. The van der Waals surface area contributed by atoms with E-state index in [-0.39, 0.29) is 4.90 Å². The molecule has 0 aliphatic heterocycles. The highest BCUT2D eigenvalue weighted by atomic mass is 32.2. The number of nitrogens with one attached hydrogen (secondary N) is 1. The summed E-state index contributed by atoms with van der Waals surface area (Å²) in [5.41, 5.74) is 2.03. The van der Waals surface area contributed by atoms with E-state index in [0.29, 0.717) is 12.5 Å². The quantitative estimate of drug-likeness (QED) is 0.874. The van der Waals surface area contributed by atoms with Crippen LogP contribution in [0.2, 0.25) is 0 Å². The summed E-state index contributed by atoms with van der Waals surface area (Å²) in [5.74, 6) is 1.37. The molecule has 1 heterocycles. The number of hydrogen-bond acceptors (Lipinski definition) is 5. The maximum atomic E-state index is 11.2. The van der Waals surface area contributed by atoms with Crippen molar-refractivity contribution in [2.45, 2.75) is 30.2 Å². The lowest BCUT2D eigenvalue weighted by molar-refractivity contribution is 0.598. The second-order valence-corrected chi connectivity index (χ2v) is 6.71. The largest absolute Gasteiger partial charge is 0.366 e. The number of nitrogens with zero attached hydrogens (tertiary/aromatic N) is 2. The van der Waals surface area contributed by atoms with Crippen molar-refractivity contribution in [2.75, 3.05) is 5.32 Å². The third-order valence-corrected chi connectivity index (χ3v) is 4.34. The molecule has 3 rings (SSSR count). The molecule has 0 atom stereocenters. The highest BCUT2D eigenvalue weighted by Crippen LogP contribution is 2.39. The topological polar surface area (TPSA) is 98.0 Å². The first-order valence-corrected chi connectivity index (χ1v) is 8.24. The molecule has 21 heavy (non-hydrogen) atoms. The number of benzene rings is 1. The van der Waals surface area contributed by atoms with Crippen LogP contribution in [0.4, 0.5) is 5.82 Å². The first-order valence-electron chi connectivity index (χ1n) is 6.70. The van der Waals surface area contributed by atoms with Crippen molar-refractivity contribution in [2.24, 2.45) is 5.14 Å². The number of aromatic nitrogens is 2. The van der Waals surface area contributed by atoms with Gasteiger partial charge >= 0.3 is 0 Å². The third kappa shape index (κ3) is 3.56. The lowest BCUT2D eigenvalue weighted by Crippen LogP contribution is -2.12. The third-order valence-electron chi connectivity index (χ3n) is 3.41. The van der Waals surface area contributed by atoms with Gasteiger partial charge < -0.3 is 5.32 Å². The van der Waals surface area contributed by atoms with E-state index in [2.05, 4.69) is 15.3 Å². The average Bonchev–Trinajstić information content (AvgIpc) is 3.30. The van der Waals surface area contributed by atoms with E-state index in [0.717, 1.165) is 17.1 Å². The van der Waals surface area contributed by atoms with Gasteiger partial charge in [-0.2, -0.15) is 0 Å². The Morgan fingerprint density at radius 2 is 1.90 bits per heavy atom. The normalized spacial score (nSPS) is 14.9. The van der Waals surface area contributed by atoms with Crippen LogP contribution < -0.4 is 10.5 Å². The minimum Gasteiger partial charge on any atom is -0.366 e. The molecule has 7 heteroatoms.